The second kappa shape index (κ2) is 7.87. The summed E-state index contributed by atoms with van der Waals surface area (Å²) in [5, 5.41) is 16.0. The number of carbonyl (C=O) groups is 2. The van der Waals surface area contributed by atoms with Crippen LogP contribution in [-0.2, 0) is 9.59 Å². The van der Waals surface area contributed by atoms with Gasteiger partial charge in [-0.05, 0) is 30.7 Å². The third kappa shape index (κ3) is 5.28. The van der Waals surface area contributed by atoms with Crippen LogP contribution < -0.4 is 10.6 Å². The highest BCUT2D eigenvalue weighted by Crippen LogP contribution is 2.16. The van der Waals surface area contributed by atoms with Crippen LogP contribution in [0.1, 0.15) is 18.1 Å². The van der Waals surface area contributed by atoms with Crippen molar-refractivity contribution in [2.24, 2.45) is 0 Å². The second-order valence-electron chi connectivity index (χ2n) is 5.41. The van der Waals surface area contributed by atoms with Crippen LogP contribution in [0.4, 0.5) is 11.4 Å². The lowest BCUT2D eigenvalue weighted by atomic mass is 10.1. The number of nitrogens with zero attached hydrogens (tertiary/aromatic N) is 1. The average Bonchev–Trinajstić information content (AvgIpc) is 2.56. The summed E-state index contributed by atoms with van der Waals surface area (Å²) in [5.74, 6) is -0.943. The van der Waals surface area contributed by atoms with Crippen molar-refractivity contribution in [3.63, 3.8) is 0 Å². The van der Waals surface area contributed by atoms with Gasteiger partial charge in [0, 0.05) is 24.7 Å². The first-order valence-corrected chi connectivity index (χ1v) is 7.47. The summed E-state index contributed by atoms with van der Waals surface area (Å²) in [6.07, 6.45) is 1.39. The van der Waals surface area contributed by atoms with Gasteiger partial charge in [0.05, 0.1) is 4.92 Å². The monoisotopic (exact) mass is 339 g/mol. The fourth-order valence-electron chi connectivity index (χ4n) is 2.08. The van der Waals surface area contributed by atoms with Gasteiger partial charge in [-0.2, -0.15) is 0 Å². The van der Waals surface area contributed by atoms with E-state index in [0.717, 1.165) is 5.56 Å². The minimum absolute atomic E-state index is 0.00595. The lowest BCUT2D eigenvalue weighted by Gasteiger charge is -2.10. The summed E-state index contributed by atoms with van der Waals surface area (Å²) < 4.78 is 0. The van der Waals surface area contributed by atoms with E-state index in [0.29, 0.717) is 11.3 Å². The van der Waals surface area contributed by atoms with Gasteiger partial charge < -0.3 is 10.6 Å². The Balaban J connectivity index is 2.29. The number of amides is 2. The average molecular weight is 339 g/mol. The number of non-ortho nitro benzene ring substituents is 1. The lowest BCUT2D eigenvalue weighted by molar-refractivity contribution is -0.384. The van der Waals surface area contributed by atoms with Crippen LogP contribution in [0.25, 0.3) is 6.08 Å². The van der Waals surface area contributed by atoms with Gasteiger partial charge in [-0.3, -0.25) is 19.7 Å². The zero-order chi connectivity index (χ0) is 18.4. The molecule has 0 spiro atoms. The number of aryl methyl sites for hydroxylation is 1. The summed E-state index contributed by atoms with van der Waals surface area (Å²) in [6.45, 7) is 3.21. The first-order valence-electron chi connectivity index (χ1n) is 7.47. The van der Waals surface area contributed by atoms with Crippen LogP contribution in [0.5, 0.6) is 0 Å². The number of hydrogen-bond acceptors (Lipinski definition) is 4. The molecule has 0 fully saturated rings. The molecule has 25 heavy (non-hydrogen) atoms. The molecule has 0 aliphatic rings. The van der Waals surface area contributed by atoms with E-state index >= 15 is 0 Å². The van der Waals surface area contributed by atoms with Crippen LogP contribution in [0, 0.1) is 17.0 Å². The predicted octanol–water partition coefficient (Wildman–Crippen LogP) is 3.02. The summed E-state index contributed by atoms with van der Waals surface area (Å²) in [6, 6.07) is 13.0. The van der Waals surface area contributed by atoms with Gasteiger partial charge in [-0.15, -0.1) is 0 Å². The van der Waals surface area contributed by atoms with E-state index in [2.05, 4.69) is 10.6 Å². The van der Waals surface area contributed by atoms with E-state index in [-0.39, 0.29) is 11.4 Å². The number of nitro benzene ring substituents is 1. The number of carbonyl (C=O) groups excluding carboxylic acids is 2. The third-order valence-corrected chi connectivity index (χ3v) is 3.26. The van der Waals surface area contributed by atoms with E-state index in [1.54, 1.807) is 18.2 Å². The Bertz CT molecular complexity index is 842. The van der Waals surface area contributed by atoms with Gasteiger partial charge in [0.25, 0.3) is 11.6 Å². The molecule has 0 radical (unpaired) electrons. The molecule has 2 aromatic carbocycles. The zero-order valence-electron chi connectivity index (χ0n) is 13.8. The first kappa shape index (κ1) is 17.9. The van der Waals surface area contributed by atoms with Gasteiger partial charge in [-0.1, -0.05) is 29.8 Å². The van der Waals surface area contributed by atoms with Crippen LogP contribution in [0.3, 0.4) is 0 Å². The molecule has 0 aliphatic heterocycles. The molecule has 2 N–H and O–H groups in total. The molecule has 0 atom stereocenters. The van der Waals surface area contributed by atoms with Crippen molar-refractivity contribution in [2.45, 2.75) is 13.8 Å². The quantitative estimate of drug-likeness (QED) is 0.496. The molecule has 0 heterocycles. The number of hydrogen-bond donors (Lipinski definition) is 2. The van der Waals surface area contributed by atoms with E-state index < -0.39 is 16.7 Å². The zero-order valence-corrected chi connectivity index (χ0v) is 13.8. The largest absolute Gasteiger partial charge is 0.322 e. The van der Waals surface area contributed by atoms with Crippen molar-refractivity contribution < 1.29 is 14.5 Å². The number of benzene rings is 2. The van der Waals surface area contributed by atoms with Crippen LogP contribution in [-0.4, -0.2) is 16.7 Å². The smallest absolute Gasteiger partial charge is 0.272 e. The molecule has 7 nitrogen and oxygen atoms in total. The van der Waals surface area contributed by atoms with Crippen molar-refractivity contribution in [3.8, 4) is 0 Å². The van der Waals surface area contributed by atoms with Crippen molar-refractivity contribution in [3.05, 3.63) is 75.5 Å². The number of rotatable bonds is 5. The Morgan fingerprint density at radius 1 is 1.12 bits per heavy atom. The van der Waals surface area contributed by atoms with Gasteiger partial charge in [0.2, 0.25) is 5.91 Å². The SMILES string of the molecule is CC(=O)N/C(=C/c1cccc([N+](=O)[O-])c1)C(=O)Nc1ccc(C)cc1. The highest BCUT2D eigenvalue weighted by Gasteiger charge is 2.13. The highest BCUT2D eigenvalue weighted by atomic mass is 16.6. The van der Waals surface area contributed by atoms with Crippen molar-refractivity contribution in [1.29, 1.82) is 0 Å². The van der Waals surface area contributed by atoms with Gasteiger partial charge >= 0.3 is 0 Å². The summed E-state index contributed by atoms with van der Waals surface area (Å²) >= 11 is 0. The number of anilines is 1. The van der Waals surface area contributed by atoms with E-state index in [1.807, 2.05) is 19.1 Å². The minimum atomic E-state index is -0.526. The maximum Gasteiger partial charge on any atom is 0.272 e. The molecule has 2 aromatic rings. The summed E-state index contributed by atoms with van der Waals surface area (Å²) in [5.41, 5.74) is 1.94. The maximum atomic E-state index is 12.4. The summed E-state index contributed by atoms with van der Waals surface area (Å²) in [7, 11) is 0. The van der Waals surface area contributed by atoms with Crippen molar-refractivity contribution >= 4 is 29.3 Å². The van der Waals surface area contributed by atoms with Crippen LogP contribution in [0.15, 0.2) is 54.2 Å². The molecule has 0 bridgehead atoms. The Labute approximate surface area is 144 Å². The first-order chi connectivity index (χ1) is 11.8. The molecule has 2 rings (SSSR count). The van der Waals surface area contributed by atoms with Gasteiger partial charge in [0.1, 0.15) is 5.70 Å². The second-order valence-corrected chi connectivity index (χ2v) is 5.41. The molecule has 0 saturated carbocycles. The Kier molecular flexibility index (Phi) is 5.62. The Morgan fingerprint density at radius 2 is 1.80 bits per heavy atom. The van der Waals surface area contributed by atoms with Crippen molar-refractivity contribution in [1.82, 2.24) is 5.32 Å². The molecular weight excluding hydrogens is 322 g/mol. The molecule has 0 unspecified atom stereocenters. The van der Waals surface area contributed by atoms with E-state index in [9.17, 15) is 19.7 Å². The third-order valence-electron chi connectivity index (χ3n) is 3.26. The Hall–Kier alpha value is -3.48. The van der Waals surface area contributed by atoms with Gasteiger partial charge in [-0.25, -0.2) is 0 Å². The molecular formula is C18H17N3O4. The normalized spacial score (nSPS) is 10.9. The van der Waals surface area contributed by atoms with Gasteiger partial charge in [0.15, 0.2) is 0 Å². The lowest BCUT2D eigenvalue weighted by Crippen LogP contribution is -2.28. The minimum Gasteiger partial charge on any atom is -0.322 e. The standard InChI is InChI=1S/C18H17N3O4/c1-12-6-8-15(9-7-12)20-18(23)17(19-13(2)22)11-14-4-3-5-16(10-14)21(24)25/h3-11H,1-2H3,(H,19,22)(H,20,23)/b17-11+. The highest BCUT2D eigenvalue weighted by molar-refractivity contribution is 6.08. The van der Waals surface area contributed by atoms with Crippen molar-refractivity contribution in [2.75, 3.05) is 5.32 Å². The topological polar surface area (TPSA) is 101 Å². The van der Waals surface area contributed by atoms with E-state index in [1.165, 1.54) is 31.2 Å². The maximum absolute atomic E-state index is 12.4. The predicted molar refractivity (Wildman–Crippen MR) is 94.7 cm³/mol. The molecule has 7 heteroatoms. The van der Waals surface area contributed by atoms with E-state index in [4.69, 9.17) is 0 Å². The molecule has 0 saturated heterocycles. The molecule has 0 aliphatic carbocycles. The fraction of sp³-hybridized carbons (Fsp3) is 0.111. The number of nitrogens with one attached hydrogen (secondary N) is 2. The molecule has 128 valence electrons. The van der Waals surface area contributed by atoms with Crippen LogP contribution >= 0.6 is 0 Å². The fourth-order valence-corrected chi connectivity index (χ4v) is 2.08. The molecule has 2 amide bonds. The van der Waals surface area contributed by atoms with Crippen LogP contribution in [0.2, 0.25) is 0 Å². The molecule has 0 aromatic heterocycles. The number of nitro groups is 1. The Morgan fingerprint density at radius 3 is 2.40 bits per heavy atom. The summed E-state index contributed by atoms with van der Waals surface area (Å²) in [4.78, 5) is 34.1.